The van der Waals surface area contributed by atoms with E-state index in [-0.39, 0.29) is 125 Å². The molecule has 0 aromatic rings. The molecule has 3 aliphatic rings. The summed E-state index contributed by atoms with van der Waals surface area (Å²) >= 11 is 4.99. The number of hydrogen-bond acceptors (Lipinski definition) is 30. The number of hydrogen-bond donors (Lipinski definition) is 15. The van der Waals surface area contributed by atoms with Gasteiger partial charge in [-0.05, 0) is 40.0 Å². The van der Waals surface area contributed by atoms with Crippen LogP contribution in [0, 0.1) is 0 Å². The van der Waals surface area contributed by atoms with Crippen LogP contribution in [0.2, 0.25) is 0 Å². The van der Waals surface area contributed by atoms with E-state index in [1.54, 1.807) is 20.8 Å². The third kappa shape index (κ3) is 32.3. The van der Waals surface area contributed by atoms with E-state index in [2.05, 4.69) is 31.9 Å². The first-order valence-corrected chi connectivity index (χ1v) is 33.3. The minimum Gasteiger partial charge on any atom is -0.780 e. The van der Waals surface area contributed by atoms with Crippen molar-refractivity contribution in [2.75, 3.05) is 138 Å². The second kappa shape index (κ2) is 44.1. The molecule has 0 aromatic heterocycles. The van der Waals surface area contributed by atoms with Crippen molar-refractivity contribution >= 4 is 59.9 Å². The molecular formula is C55H100N8O28PS-. The standard InChI is InChI=1S/C55H101N8O28PS/c1-33(67)59-43-49(77)46(74)36(30-64)88-52(43)84-24-21-81-18-12-56-39(70)27-62(28-40(71)57-13-19-82-22-25-85-53-44(60-34(2)68)50(78)47(75)37(31-65)89-53)15-10-16-63(42(73)11-8-7-9-17-87-92(80,93)91-55(4,5)6)29-41(72)58-14-20-83-23-26-86-54-45(61-35(3)69)51(79)48(76)38(32-66)90-54/h36-38,43-54,64-66,74-79H,7-32H2,1-6H3,(H,56,70)(H,57,71)(H,58,72)(H,59,67)(H,60,68)(H,61,69)(H,80,93)/p-1. The van der Waals surface area contributed by atoms with E-state index >= 15 is 0 Å². The third-order valence-corrected chi connectivity index (χ3v) is 15.8. The molecule has 3 heterocycles. The average molecular weight is 1380 g/mol. The number of unbranched alkanes of at least 4 members (excludes halogenated alkanes) is 2. The highest BCUT2D eigenvalue weighted by molar-refractivity contribution is 8.06. The van der Waals surface area contributed by atoms with Gasteiger partial charge in [0.25, 0.3) is 0 Å². The van der Waals surface area contributed by atoms with Crippen LogP contribution in [0.25, 0.3) is 0 Å². The lowest BCUT2D eigenvalue weighted by molar-refractivity contribution is -0.272. The van der Waals surface area contributed by atoms with Crippen molar-refractivity contribution in [2.45, 2.75) is 171 Å². The molecule has 0 saturated carbocycles. The number of carbonyl (C=O) groups is 7. The number of amides is 7. The van der Waals surface area contributed by atoms with Crippen LogP contribution in [0.15, 0.2) is 0 Å². The summed E-state index contributed by atoms with van der Waals surface area (Å²) in [6.07, 6.45) is -15.0. The Kier molecular flexibility index (Phi) is 39.5. The Bertz CT molecular complexity index is 2210. The second-order valence-corrected chi connectivity index (χ2v) is 25.6. The number of nitrogens with zero attached hydrogens (tertiary/aromatic N) is 2. The molecule has 3 rings (SSSR count). The Morgan fingerprint density at radius 1 is 0.495 bits per heavy atom. The van der Waals surface area contributed by atoms with Gasteiger partial charge in [0.1, 0.15) is 79.8 Å². The molecule has 16 unspecified atom stereocenters. The van der Waals surface area contributed by atoms with Crippen molar-refractivity contribution in [3.05, 3.63) is 0 Å². The average Bonchev–Trinajstić information content (AvgIpc) is 0.849. The number of rotatable bonds is 45. The Labute approximate surface area is 545 Å². The maximum absolute atomic E-state index is 13.8. The molecule has 0 aromatic carbocycles. The zero-order chi connectivity index (χ0) is 69.3. The van der Waals surface area contributed by atoms with Gasteiger partial charge in [0.05, 0.1) is 111 Å². The summed E-state index contributed by atoms with van der Waals surface area (Å²) in [6.45, 7) is 1.37. The molecule has 0 bridgehead atoms. The van der Waals surface area contributed by atoms with Crippen LogP contribution < -0.4 is 36.8 Å². The monoisotopic (exact) mass is 1380 g/mol. The minimum absolute atomic E-state index is 0.00481. The molecule has 3 aliphatic heterocycles. The van der Waals surface area contributed by atoms with Crippen LogP contribution in [0.1, 0.15) is 73.6 Å². The van der Waals surface area contributed by atoms with E-state index in [9.17, 15) is 84.4 Å². The van der Waals surface area contributed by atoms with Gasteiger partial charge in [-0.3, -0.25) is 38.5 Å². The Morgan fingerprint density at radius 2 is 0.860 bits per heavy atom. The van der Waals surface area contributed by atoms with Gasteiger partial charge in [0, 0.05) is 59.9 Å². The fourth-order valence-corrected chi connectivity index (χ4v) is 11.6. The highest BCUT2D eigenvalue weighted by Gasteiger charge is 2.48. The van der Waals surface area contributed by atoms with E-state index < -0.39 is 172 Å². The largest absolute Gasteiger partial charge is 0.780 e. The lowest BCUT2D eigenvalue weighted by atomic mass is 9.97. The normalized spacial score (nSPS) is 27.2. The maximum Gasteiger partial charge on any atom is 0.239 e. The summed E-state index contributed by atoms with van der Waals surface area (Å²) in [6, 6.07) is -3.49. The predicted molar refractivity (Wildman–Crippen MR) is 323 cm³/mol. The molecule has 0 radical (unpaired) electrons. The van der Waals surface area contributed by atoms with Gasteiger partial charge < -0.3 is 139 Å². The summed E-state index contributed by atoms with van der Waals surface area (Å²) in [4.78, 5) is 105. The fraction of sp³-hybridized carbons (Fsp3) is 0.873. The van der Waals surface area contributed by atoms with Crippen LogP contribution in [0.3, 0.4) is 0 Å². The van der Waals surface area contributed by atoms with E-state index in [1.165, 1.54) is 30.6 Å². The van der Waals surface area contributed by atoms with Gasteiger partial charge in [-0.1, -0.05) is 18.2 Å². The highest BCUT2D eigenvalue weighted by atomic mass is 32.5. The molecule has 540 valence electrons. The van der Waals surface area contributed by atoms with E-state index in [0.29, 0.717) is 19.3 Å². The number of carbonyl (C=O) groups excluding carboxylic acids is 7. The van der Waals surface area contributed by atoms with Crippen LogP contribution >= 0.6 is 6.72 Å². The lowest BCUT2D eigenvalue weighted by Gasteiger charge is -2.42. The number of nitrogens with one attached hydrogen (secondary N) is 6. The number of ether oxygens (including phenoxy) is 9. The quantitative estimate of drug-likeness (QED) is 0.0199. The SMILES string of the molecule is CC(=O)NC1C(OCCOCCNC(=O)CN(CCCN(CC(=O)NCCOCCOC2OC(CO)C(O)C(O)C2NC(C)=O)C(=O)CCCCCOP([O-])(=S)OC(C)(C)C)CC(=O)NCCOCCOC2OC(CO)C(O)C(O)C2NC(C)=O)OC(CO)C(O)C1O. The van der Waals surface area contributed by atoms with Gasteiger partial charge in [-0.2, -0.15) is 0 Å². The molecule has 7 amide bonds. The first-order valence-electron chi connectivity index (χ1n) is 30.7. The van der Waals surface area contributed by atoms with Crippen molar-refractivity contribution < 1.29 is 136 Å². The van der Waals surface area contributed by atoms with Crippen LogP contribution in [0.4, 0.5) is 0 Å². The topological polar surface area (TPSA) is 505 Å². The molecule has 16 atom stereocenters. The summed E-state index contributed by atoms with van der Waals surface area (Å²) in [5.74, 6) is -3.60. The minimum atomic E-state index is -3.77. The fourth-order valence-electron chi connectivity index (χ4n) is 9.59. The van der Waals surface area contributed by atoms with Crippen LogP contribution in [0.5, 0.6) is 0 Å². The van der Waals surface area contributed by atoms with Gasteiger partial charge in [-0.25, -0.2) is 0 Å². The highest BCUT2D eigenvalue weighted by Crippen LogP contribution is 2.43. The first kappa shape index (κ1) is 83.3. The summed E-state index contributed by atoms with van der Waals surface area (Å²) < 4.78 is 61.0. The Morgan fingerprint density at radius 3 is 1.20 bits per heavy atom. The number of aliphatic hydroxyl groups is 9. The Hall–Kier alpha value is -3.94. The Balaban J connectivity index is 1.63. The molecule has 38 heteroatoms. The van der Waals surface area contributed by atoms with Crippen molar-refractivity contribution in [3.63, 3.8) is 0 Å². The van der Waals surface area contributed by atoms with Crippen LogP contribution in [-0.2, 0) is 97.0 Å². The van der Waals surface area contributed by atoms with Gasteiger partial charge in [-0.15, -0.1) is 0 Å². The predicted octanol–water partition coefficient (Wildman–Crippen LogP) is -8.24. The molecule has 36 nitrogen and oxygen atoms in total. The zero-order valence-corrected chi connectivity index (χ0v) is 55.3. The van der Waals surface area contributed by atoms with E-state index in [0.717, 1.165) is 0 Å². The molecular weight excluding hydrogens is 1280 g/mol. The van der Waals surface area contributed by atoms with Crippen molar-refractivity contribution in [1.29, 1.82) is 0 Å². The summed E-state index contributed by atoms with van der Waals surface area (Å²) in [7, 11) is 0. The van der Waals surface area contributed by atoms with Crippen LogP contribution in [-0.4, -0.2) is 333 Å². The van der Waals surface area contributed by atoms with Gasteiger partial charge in [0.2, 0.25) is 41.4 Å². The molecule has 3 saturated heterocycles. The zero-order valence-electron chi connectivity index (χ0n) is 53.6. The molecule has 0 spiro atoms. The smallest absolute Gasteiger partial charge is 0.239 e. The van der Waals surface area contributed by atoms with Gasteiger partial charge >= 0.3 is 0 Å². The molecule has 15 N–H and O–H groups in total. The summed E-state index contributed by atoms with van der Waals surface area (Å²) in [5.41, 5.74) is -0.805. The summed E-state index contributed by atoms with van der Waals surface area (Å²) in [5, 5.41) is 107. The van der Waals surface area contributed by atoms with Crippen molar-refractivity contribution in [2.24, 2.45) is 0 Å². The maximum atomic E-state index is 13.8. The second-order valence-electron chi connectivity index (χ2n) is 23.0. The van der Waals surface area contributed by atoms with Crippen molar-refractivity contribution in [1.82, 2.24) is 41.7 Å². The lowest BCUT2D eigenvalue weighted by Crippen LogP contribution is -2.64. The van der Waals surface area contributed by atoms with Crippen molar-refractivity contribution in [3.8, 4) is 0 Å². The first-order chi connectivity index (χ1) is 44.0. The molecule has 3 fully saturated rings. The molecule has 0 aliphatic carbocycles. The van der Waals surface area contributed by atoms with Gasteiger partial charge in [0.15, 0.2) is 18.9 Å². The third-order valence-electron chi connectivity index (χ3n) is 14.0. The van der Waals surface area contributed by atoms with E-state index in [1.807, 2.05) is 0 Å². The molecule has 93 heavy (non-hydrogen) atoms. The van der Waals surface area contributed by atoms with E-state index in [4.69, 9.17) is 63.5 Å². The number of aliphatic hydroxyl groups excluding tert-OH is 9.